The summed E-state index contributed by atoms with van der Waals surface area (Å²) >= 11 is 0. The molecule has 0 saturated carbocycles. The van der Waals surface area contributed by atoms with E-state index in [0.29, 0.717) is 12.2 Å². The Labute approximate surface area is 118 Å². The first-order chi connectivity index (χ1) is 9.44. The molecular formula is C13H18N4O2S. The molecule has 0 radical (unpaired) electrons. The monoisotopic (exact) mass is 294 g/mol. The van der Waals surface area contributed by atoms with Gasteiger partial charge in [-0.25, -0.2) is 8.42 Å². The van der Waals surface area contributed by atoms with E-state index in [1.165, 1.54) is 12.4 Å². The number of anilines is 1. The fourth-order valence-corrected chi connectivity index (χ4v) is 3.03. The number of rotatable bonds is 5. The van der Waals surface area contributed by atoms with Crippen molar-refractivity contribution in [3.8, 4) is 0 Å². The van der Waals surface area contributed by atoms with E-state index >= 15 is 0 Å². The minimum atomic E-state index is -3.61. The Bertz CT molecular complexity index is 678. The topological polar surface area (TPSA) is 90.0 Å². The second-order valence-electron chi connectivity index (χ2n) is 4.71. The van der Waals surface area contributed by atoms with Gasteiger partial charge >= 0.3 is 0 Å². The van der Waals surface area contributed by atoms with Crippen LogP contribution in [0.15, 0.2) is 41.7 Å². The summed E-state index contributed by atoms with van der Waals surface area (Å²) < 4.78 is 29.0. The Morgan fingerprint density at radius 1 is 1.35 bits per heavy atom. The van der Waals surface area contributed by atoms with E-state index in [4.69, 9.17) is 5.73 Å². The van der Waals surface area contributed by atoms with Gasteiger partial charge in [-0.15, -0.1) is 0 Å². The van der Waals surface area contributed by atoms with Gasteiger partial charge in [0.15, 0.2) is 0 Å². The van der Waals surface area contributed by atoms with Gasteiger partial charge in [0.2, 0.25) is 0 Å². The van der Waals surface area contributed by atoms with E-state index in [-0.39, 0.29) is 10.9 Å². The van der Waals surface area contributed by atoms with Gasteiger partial charge in [-0.05, 0) is 32.0 Å². The number of hydrogen-bond donors (Lipinski definition) is 2. The largest absolute Gasteiger partial charge is 0.346 e. The number of hydrogen-bond acceptors (Lipinski definition) is 4. The zero-order valence-electron chi connectivity index (χ0n) is 11.4. The van der Waals surface area contributed by atoms with E-state index in [0.717, 1.165) is 5.69 Å². The van der Waals surface area contributed by atoms with Gasteiger partial charge < -0.3 is 10.3 Å². The van der Waals surface area contributed by atoms with Crippen molar-refractivity contribution in [2.45, 2.75) is 31.3 Å². The lowest BCUT2D eigenvalue weighted by Crippen LogP contribution is -2.12. The van der Waals surface area contributed by atoms with Gasteiger partial charge in [0.1, 0.15) is 4.90 Å². The molecule has 108 valence electrons. The van der Waals surface area contributed by atoms with E-state index < -0.39 is 10.0 Å². The molecule has 0 aliphatic carbocycles. The van der Waals surface area contributed by atoms with E-state index in [9.17, 15) is 8.42 Å². The molecule has 0 spiro atoms. The Morgan fingerprint density at radius 3 is 2.50 bits per heavy atom. The van der Waals surface area contributed by atoms with Gasteiger partial charge in [-0.2, -0.15) is 0 Å². The predicted molar refractivity (Wildman–Crippen MR) is 77.8 cm³/mol. The van der Waals surface area contributed by atoms with Gasteiger partial charge in [0.25, 0.3) is 10.0 Å². The van der Waals surface area contributed by atoms with Crippen LogP contribution in [0.2, 0.25) is 0 Å². The van der Waals surface area contributed by atoms with Gasteiger partial charge in [0.05, 0.1) is 5.69 Å². The van der Waals surface area contributed by atoms with E-state index in [1.54, 1.807) is 24.4 Å². The highest BCUT2D eigenvalue weighted by Gasteiger charge is 2.19. The summed E-state index contributed by atoms with van der Waals surface area (Å²) in [4.78, 5) is 4.06. The van der Waals surface area contributed by atoms with Crippen LogP contribution in [0, 0.1) is 0 Å². The maximum Gasteiger partial charge on any atom is 0.263 e. The Kier molecular flexibility index (Phi) is 4.10. The third-order valence-electron chi connectivity index (χ3n) is 2.92. The Balaban J connectivity index is 2.35. The molecule has 0 fully saturated rings. The number of nitrogens with one attached hydrogen (secondary N) is 1. The average molecular weight is 294 g/mol. The van der Waals surface area contributed by atoms with Crippen molar-refractivity contribution in [1.82, 2.24) is 9.55 Å². The molecule has 2 heterocycles. The molecule has 0 aromatic carbocycles. The van der Waals surface area contributed by atoms with Crippen molar-refractivity contribution in [2.24, 2.45) is 5.73 Å². The van der Waals surface area contributed by atoms with Crippen molar-refractivity contribution in [3.05, 3.63) is 42.5 Å². The summed E-state index contributed by atoms with van der Waals surface area (Å²) in [6.07, 6.45) is 4.67. The van der Waals surface area contributed by atoms with Gasteiger partial charge in [-0.3, -0.25) is 9.71 Å². The zero-order valence-corrected chi connectivity index (χ0v) is 12.3. The van der Waals surface area contributed by atoms with E-state index in [1.807, 2.05) is 18.4 Å². The summed E-state index contributed by atoms with van der Waals surface area (Å²) in [5, 5.41) is 0. The SMILES string of the molecule is CC(C)n1cc(S(=O)(=O)Nc2ccncc2)cc1CN. The quantitative estimate of drug-likeness (QED) is 0.878. The first kappa shape index (κ1) is 14.5. The van der Waals surface area contributed by atoms with Crippen molar-refractivity contribution in [3.63, 3.8) is 0 Å². The second kappa shape index (κ2) is 5.64. The molecule has 0 saturated heterocycles. The molecule has 3 N–H and O–H groups in total. The molecule has 2 aromatic rings. The molecule has 2 aromatic heterocycles. The lowest BCUT2D eigenvalue weighted by Gasteiger charge is -2.10. The van der Waals surface area contributed by atoms with Crippen LogP contribution < -0.4 is 10.5 Å². The normalized spacial score (nSPS) is 11.8. The van der Waals surface area contributed by atoms with Crippen LogP contribution in [0.5, 0.6) is 0 Å². The molecule has 0 bridgehead atoms. The molecule has 0 aliphatic heterocycles. The molecular weight excluding hydrogens is 276 g/mol. The minimum absolute atomic E-state index is 0.151. The highest BCUT2D eigenvalue weighted by Crippen LogP contribution is 2.21. The maximum absolute atomic E-state index is 12.3. The second-order valence-corrected chi connectivity index (χ2v) is 6.40. The first-order valence-corrected chi connectivity index (χ1v) is 7.76. The van der Waals surface area contributed by atoms with Crippen LogP contribution in [-0.2, 0) is 16.6 Å². The van der Waals surface area contributed by atoms with Crippen LogP contribution >= 0.6 is 0 Å². The lowest BCUT2D eigenvalue weighted by molar-refractivity contribution is 0.573. The lowest BCUT2D eigenvalue weighted by atomic mass is 10.3. The molecule has 20 heavy (non-hydrogen) atoms. The fraction of sp³-hybridized carbons (Fsp3) is 0.308. The molecule has 0 unspecified atom stereocenters. The third-order valence-corrected chi connectivity index (χ3v) is 4.26. The van der Waals surface area contributed by atoms with Gasteiger partial charge in [0, 0.05) is 36.9 Å². The van der Waals surface area contributed by atoms with Crippen molar-refractivity contribution < 1.29 is 8.42 Å². The van der Waals surface area contributed by atoms with Crippen LogP contribution in [0.1, 0.15) is 25.6 Å². The number of nitrogens with zero attached hydrogens (tertiary/aromatic N) is 2. The smallest absolute Gasteiger partial charge is 0.263 e. The standard InChI is InChI=1S/C13H18N4O2S/c1-10(2)17-9-13(7-12(17)8-14)20(18,19)16-11-3-5-15-6-4-11/h3-7,9-10H,8,14H2,1-2H3,(H,15,16). The van der Waals surface area contributed by atoms with Crippen molar-refractivity contribution >= 4 is 15.7 Å². The minimum Gasteiger partial charge on any atom is -0.346 e. The number of pyridine rings is 1. The Hall–Kier alpha value is -1.86. The Morgan fingerprint density at radius 2 is 2.00 bits per heavy atom. The molecule has 6 nitrogen and oxygen atoms in total. The number of aromatic nitrogens is 2. The van der Waals surface area contributed by atoms with Crippen LogP contribution in [-0.4, -0.2) is 18.0 Å². The van der Waals surface area contributed by atoms with Gasteiger partial charge in [-0.1, -0.05) is 0 Å². The molecule has 7 heteroatoms. The fourth-order valence-electron chi connectivity index (χ4n) is 1.92. The summed E-state index contributed by atoms with van der Waals surface area (Å²) in [6, 6.07) is 4.95. The van der Waals surface area contributed by atoms with Crippen molar-refractivity contribution in [2.75, 3.05) is 4.72 Å². The third kappa shape index (κ3) is 3.00. The molecule has 0 atom stereocenters. The zero-order chi connectivity index (χ0) is 14.8. The number of nitrogens with two attached hydrogens (primary N) is 1. The van der Waals surface area contributed by atoms with Crippen LogP contribution in [0.4, 0.5) is 5.69 Å². The number of sulfonamides is 1. The van der Waals surface area contributed by atoms with Crippen LogP contribution in [0.25, 0.3) is 0 Å². The van der Waals surface area contributed by atoms with Crippen LogP contribution in [0.3, 0.4) is 0 Å². The molecule has 0 aliphatic rings. The average Bonchev–Trinajstić information content (AvgIpc) is 2.84. The summed E-state index contributed by atoms with van der Waals surface area (Å²) in [6.45, 7) is 4.25. The summed E-state index contributed by atoms with van der Waals surface area (Å²) in [7, 11) is -3.61. The maximum atomic E-state index is 12.3. The molecule has 0 amide bonds. The van der Waals surface area contributed by atoms with Crippen molar-refractivity contribution in [1.29, 1.82) is 0 Å². The predicted octanol–water partition coefficient (Wildman–Crippen LogP) is 1.72. The summed E-state index contributed by atoms with van der Waals surface area (Å²) in [5.74, 6) is 0. The highest BCUT2D eigenvalue weighted by molar-refractivity contribution is 7.92. The highest BCUT2D eigenvalue weighted by atomic mass is 32.2. The van der Waals surface area contributed by atoms with E-state index in [2.05, 4.69) is 9.71 Å². The molecule has 2 rings (SSSR count). The first-order valence-electron chi connectivity index (χ1n) is 6.27. The summed E-state index contributed by atoms with van der Waals surface area (Å²) in [5.41, 5.74) is 6.92.